The molecule has 0 bridgehead atoms. The summed E-state index contributed by atoms with van der Waals surface area (Å²) in [5.74, 6) is -1.69. The van der Waals surface area contributed by atoms with Crippen LogP contribution in [0.4, 0.5) is 4.39 Å². The van der Waals surface area contributed by atoms with Crippen LogP contribution < -0.4 is 10.6 Å². The molecule has 1 aliphatic heterocycles. The molecule has 1 aliphatic carbocycles. The molecule has 200 valence electrons. The molecule has 8 nitrogen and oxygen atoms in total. The first-order valence-electron chi connectivity index (χ1n) is 12.6. The van der Waals surface area contributed by atoms with Crippen LogP contribution in [0.1, 0.15) is 64.3 Å². The van der Waals surface area contributed by atoms with E-state index in [4.69, 9.17) is 0 Å². The van der Waals surface area contributed by atoms with Gasteiger partial charge in [-0.05, 0) is 43.2 Å². The second kappa shape index (κ2) is 10.1. The van der Waals surface area contributed by atoms with Crippen LogP contribution in [-0.2, 0) is 14.4 Å². The number of nitrogens with one attached hydrogen (secondary N) is 2. The molecule has 4 rings (SSSR count). The Morgan fingerprint density at radius 3 is 2.38 bits per heavy atom. The summed E-state index contributed by atoms with van der Waals surface area (Å²) in [6, 6.07) is 5.60. The number of aryl methyl sites for hydroxylation is 1. The standard InChI is InChI=1S/C27H35FN4O4S/c1-15(17-6-8-18(9-7-17)21-16(2)29-14-37-21)30-23(34)20-12-19(33)13-32(20)24(35)22(26(3,4)5)31-25(36)27(28)10-11-27/h6-9,14-15,19-20,22,33H,10-13H2,1-5H3,(H,30,34)(H,31,36)/t15-,19+,20-,22+/m0/s1. The zero-order valence-electron chi connectivity index (χ0n) is 21.9. The highest BCUT2D eigenvalue weighted by molar-refractivity contribution is 7.13. The number of hydrogen-bond acceptors (Lipinski definition) is 6. The topological polar surface area (TPSA) is 112 Å². The van der Waals surface area contributed by atoms with E-state index in [2.05, 4.69) is 15.6 Å². The van der Waals surface area contributed by atoms with Crippen molar-refractivity contribution in [3.8, 4) is 10.4 Å². The number of β-amino-alcohol motifs (C(OH)–C–C–N with tert-alkyl or cyclic N) is 1. The first kappa shape index (κ1) is 27.2. The molecule has 37 heavy (non-hydrogen) atoms. The van der Waals surface area contributed by atoms with Crippen molar-refractivity contribution in [3.63, 3.8) is 0 Å². The minimum Gasteiger partial charge on any atom is -0.391 e. The minimum absolute atomic E-state index is 0.0303. The van der Waals surface area contributed by atoms with E-state index >= 15 is 0 Å². The van der Waals surface area contributed by atoms with E-state index in [0.29, 0.717) is 0 Å². The lowest BCUT2D eigenvalue weighted by Gasteiger charge is -2.35. The maximum absolute atomic E-state index is 14.3. The van der Waals surface area contributed by atoms with Crippen molar-refractivity contribution in [2.45, 2.75) is 83.8 Å². The zero-order chi connectivity index (χ0) is 27.1. The number of hydrogen-bond donors (Lipinski definition) is 3. The van der Waals surface area contributed by atoms with Crippen LogP contribution in [0.5, 0.6) is 0 Å². The van der Waals surface area contributed by atoms with Crippen LogP contribution in [-0.4, -0.2) is 63.1 Å². The number of amides is 3. The summed E-state index contributed by atoms with van der Waals surface area (Å²) in [6.07, 6.45) is -0.504. The Morgan fingerprint density at radius 1 is 1.19 bits per heavy atom. The second-order valence-corrected chi connectivity index (χ2v) is 12.1. The van der Waals surface area contributed by atoms with E-state index in [9.17, 15) is 23.9 Å². The van der Waals surface area contributed by atoms with E-state index in [1.54, 1.807) is 32.1 Å². The number of aromatic nitrogens is 1. The number of nitrogens with zero attached hydrogens (tertiary/aromatic N) is 2. The minimum atomic E-state index is -1.92. The van der Waals surface area contributed by atoms with Crippen molar-refractivity contribution in [1.29, 1.82) is 0 Å². The number of aliphatic hydroxyl groups excluding tert-OH is 1. The number of alkyl halides is 1. The molecule has 2 fully saturated rings. The van der Waals surface area contributed by atoms with Crippen LogP contribution in [0.2, 0.25) is 0 Å². The molecule has 2 aromatic rings. The molecule has 2 aliphatic rings. The summed E-state index contributed by atoms with van der Waals surface area (Å²) in [4.78, 5) is 46.0. The van der Waals surface area contributed by atoms with Crippen molar-refractivity contribution >= 4 is 29.1 Å². The van der Waals surface area contributed by atoms with Crippen LogP contribution in [0.15, 0.2) is 29.8 Å². The molecule has 3 N–H and O–H groups in total. The fourth-order valence-electron chi connectivity index (χ4n) is 4.61. The van der Waals surface area contributed by atoms with Gasteiger partial charge in [0.2, 0.25) is 11.8 Å². The SMILES string of the molecule is Cc1ncsc1-c1ccc([C@H](C)NC(=O)[C@@H]2C[C@@H](O)CN2C(=O)[C@@H](NC(=O)C2(F)CC2)C(C)(C)C)cc1. The molecule has 10 heteroatoms. The molecular weight excluding hydrogens is 495 g/mol. The summed E-state index contributed by atoms with van der Waals surface area (Å²) in [7, 11) is 0. The zero-order valence-corrected chi connectivity index (χ0v) is 22.7. The quantitative estimate of drug-likeness (QED) is 0.509. The van der Waals surface area contributed by atoms with Gasteiger partial charge in [-0.3, -0.25) is 14.4 Å². The Morgan fingerprint density at radius 2 is 1.84 bits per heavy atom. The molecular formula is C27H35FN4O4S. The molecule has 4 atom stereocenters. The van der Waals surface area contributed by atoms with Gasteiger partial charge in [0, 0.05) is 13.0 Å². The number of carbonyl (C=O) groups is 3. The van der Waals surface area contributed by atoms with Gasteiger partial charge in [-0.15, -0.1) is 11.3 Å². The van der Waals surface area contributed by atoms with E-state index in [1.165, 1.54) is 4.90 Å². The second-order valence-electron chi connectivity index (χ2n) is 11.3. The Labute approximate surface area is 220 Å². The monoisotopic (exact) mass is 530 g/mol. The maximum Gasteiger partial charge on any atom is 0.258 e. The molecule has 1 aromatic carbocycles. The van der Waals surface area contributed by atoms with Crippen LogP contribution in [0.25, 0.3) is 10.4 Å². The molecule has 1 saturated carbocycles. The third kappa shape index (κ3) is 5.85. The highest BCUT2D eigenvalue weighted by atomic mass is 32.1. The molecule has 0 spiro atoms. The van der Waals surface area contributed by atoms with Crippen molar-refractivity contribution < 1.29 is 23.9 Å². The van der Waals surface area contributed by atoms with Gasteiger partial charge in [-0.2, -0.15) is 0 Å². The fraction of sp³-hybridized carbons (Fsp3) is 0.556. The van der Waals surface area contributed by atoms with Crippen molar-refractivity contribution in [2.75, 3.05) is 6.54 Å². The number of carbonyl (C=O) groups excluding carboxylic acids is 3. The van der Waals surface area contributed by atoms with Crippen molar-refractivity contribution in [2.24, 2.45) is 5.41 Å². The predicted molar refractivity (Wildman–Crippen MR) is 139 cm³/mol. The smallest absolute Gasteiger partial charge is 0.258 e. The van der Waals surface area contributed by atoms with Gasteiger partial charge in [0.05, 0.1) is 28.2 Å². The number of rotatable bonds is 7. The average molecular weight is 531 g/mol. The Hall–Kier alpha value is -2.85. The molecule has 1 saturated heterocycles. The molecule has 2 heterocycles. The van der Waals surface area contributed by atoms with Crippen molar-refractivity contribution in [3.05, 3.63) is 41.0 Å². The lowest BCUT2D eigenvalue weighted by Crippen LogP contribution is -2.59. The number of thiazole rings is 1. The largest absolute Gasteiger partial charge is 0.391 e. The molecule has 3 amide bonds. The Balaban J connectivity index is 1.46. The number of benzene rings is 1. The van der Waals surface area contributed by atoms with Gasteiger partial charge in [0.15, 0.2) is 5.67 Å². The Kier molecular flexibility index (Phi) is 7.45. The van der Waals surface area contributed by atoms with E-state index in [1.807, 2.05) is 43.6 Å². The highest BCUT2D eigenvalue weighted by Crippen LogP contribution is 2.40. The number of likely N-dealkylation sites (tertiary alicyclic amines) is 1. The lowest BCUT2D eigenvalue weighted by atomic mass is 9.85. The molecule has 0 radical (unpaired) electrons. The van der Waals surface area contributed by atoms with Crippen molar-refractivity contribution in [1.82, 2.24) is 20.5 Å². The van der Waals surface area contributed by atoms with E-state index in [0.717, 1.165) is 21.7 Å². The van der Waals surface area contributed by atoms with Gasteiger partial charge < -0.3 is 20.6 Å². The third-order valence-corrected chi connectivity index (χ3v) is 8.10. The first-order valence-corrected chi connectivity index (χ1v) is 13.5. The molecule has 1 aromatic heterocycles. The van der Waals surface area contributed by atoms with Crippen LogP contribution >= 0.6 is 11.3 Å². The summed E-state index contributed by atoms with van der Waals surface area (Å²) >= 11 is 1.57. The summed E-state index contributed by atoms with van der Waals surface area (Å²) in [5, 5.41) is 15.9. The van der Waals surface area contributed by atoms with E-state index in [-0.39, 0.29) is 37.8 Å². The average Bonchev–Trinajstić information content (AvgIpc) is 3.25. The number of aliphatic hydroxyl groups is 1. The van der Waals surface area contributed by atoms with Gasteiger partial charge in [-0.25, -0.2) is 9.37 Å². The lowest BCUT2D eigenvalue weighted by molar-refractivity contribution is -0.145. The van der Waals surface area contributed by atoms with Crippen LogP contribution in [0, 0.1) is 12.3 Å². The highest BCUT2D eigenvalue weighted by Gasteiger charge is 2.53. The summed E-state index contributed by atoms with van der Waals surface area (Å²) in [6.45, 7) is 9.11. The van der Waals surface area contributed by atoms with E-state index < -0.39 is 41.1 Å². The van der Waals surface area contributed by atoms with Gasteiger partial charge in [-0.1, -0.05) is 45.0 Å². The fourth-order valence-corrected chi connectivity index (χ4v) is 5.42. The third-order valence-electron chi connectivity index (χ3n) is 7.13. The first-order chi connectivity index (χ1) is 17.3. The molecule has 0 unspecified atom stereocenters. The van der Waals surface area contributed by atoms with Gasteiger partial charge >= 0.3 is 0 Å². The number of halogens is 1. The maximum atomic E-state index is 14.3. The Bertz CT molecular complexity index is 1170. The van der Waals surface area contributed by atoms with Gasteiger partial charge in [0.1, 0.15) is 12.1 Å². The van der Waals surface area contributed by atoms with Gasteiger partial charge in [0.25, 0.3) is 5.91 Å². The summed E-state index contributed by atoms with van der Waals surface area (Å²) < 4.78 is 14.3. The predicted octanol–water partition coefficient (Wildman–Crippen LogP) is 3.29. The normalized spacial score (nSPS) is 22.3. The summed E-state index contributed by atoms with van der Waals surface area (Å²) in [5.41, 5.74) is 2.07. The van der Waals surface area contributed by atoms with Crippen LogP contribution in [0.3, 0.4) is 0 Å².